The van der Waals surface area contributed by atoms with Crippen LogP contribution in [-0.2, 0) is 4.74 Å². The molecule has 1 N–H and O–H groups in total. The summed E-state index contributed by atoms with van der Waals surface area (Å²) in [4.78, 5) is 15.9. The van der Waals surface area contributed by atoms with Crippen LogP contribution in [0.4, 0.5) is 0 Å². The van der Waals surface area contributed by atoms with Crippen LogP contribution in [-0.4, -0.2) is 29.6 Å². The van der Waals surface area contributed by atoms with E-state index in [9.17, 15) is 4.79 Å². The van der Waals surface area contributed by atoms with Gasteiger partial charge in [0.25, 0.3) is 5.91 Å². The number of carbonyl (C=O) groups excluding carboxylic acids is 1. The molecule has 1 saturated heterocycles. The summed E-state index contributed by atoms with van der Waals surface area (Å²) in [5.41, 5.74) is 0.350. The molecular weight excluding hydrogens is 240 g/mol. The van der Waals surface area contributed by atoms with Crippen LogP contribution in [0.2, 0.25) is 5.15 Å². The fraction of sp³-hybridized carbons (Fsp3) is 0.500. The lowest BCUT2D eigenvalue weighted by Gasteiger charge is -2.34. The van der Waals surface area contributed by atoms with Crippen LogP contribution in [0.1, 0.15) is 30.1 Å². The van der Waals surface area contributed by atoms with E-state index in [0.29, 0.717) is 23.9 Å². The minimum Gasteiger partial charge on any atom is -0.381 e. The number of hydrogen-bond acceptors (Lipinski definition) is 3. The first-order chi connectivity index (χ1) is 8.09. The number of halogens is 1. The molecule has 1 fully saturated rings. The van der Waals surface area contributed by atoms with Crippen molar-refractivity contribution in [2.75, 3.05) is 13.2 Å². The van der Waals surface area contributed by atoms with Crippen molar-refractivity contribution in [3.05, 3.63) is 29.0 Å². The standard InChI is InChI=1S/C12H15ClN2O2/c1-12(3-6-17-7-4-12)15-11(16)9-2-5-14-10(13)8-9/h2,5,8H,3-4,6-7H2,1H3,(H,15,16). The number of aromatic nitrogens is 1. The van der Waals surface area contributed by atoms with Gasteiger partial charge >= 0.3 is 0 Å². The van der Waals surface area contributed by atoms with Gasteiger partial charge in [0.1, 0.15) is 5.15 Å². The maximum absolute atomic E-state index is 12.0. The second kappa shape index (κ2) is 5.02. The maximum atomic E-state index is 12.0. The van der Waals surface area contributed by atoms with Crippen molar-refractivity contribution >= 4 is 17.5 Å². The molecule has 0 radical (unpaired) electrons. The number of nitrogens with one attached hydrogen (secondary N) is 1. The summed E-state index contributed by atoms with van der Waals surface area (Å²) >= 11 is 5.76. The highest BCUT2D eigenvalue weighted by atomic mass is 35.5. The molecule has 2 heterocycles. The molecule has 0 aromatic carbocycles. The van der Waals surface area contributed by atoms with Gasteiger partial charge in [-0.05, 0) is 31.9 Å². The van der Waals surface area contributed by atoms with E-state index < -0.39 is 0 Å². The fourth-order valence-corrected chi connectivity index (χ4v) is 2.01. The normalized spacial score (nSPS) is 18.7. The van der Waals surface area contributed by atoms with Crippen molar-refractivity contribution in [1.82, 2.24) is 10.3 Å². The molecule has 5 heteroatoms. The fourth-order valence-electron chi connectivity index (χ4n) is 1.84. The van der Waals surface area contributed by atoms with Gasteiger partial charge in [0.15, 0.2) is 0 Å². The van der Waals surface area contributed by atoms with Crippen molar-refractivity contribution in [2.45, 2.75) is 25.3 Å². The summed E-state index contributed by atoms with van der Waals surface area (Å²) in [5.74, 6) is -0.112. The van der Waals surface area contributed by atoms with Gasteiger partial charge in [-0.25, -0.2) is 4.98 Å². The van der Waals surface area contributed by atoms with Gasteiger partial charge in [0, 0.05) is 30.5 Å². The Balaban J connectivity index is 2.06. The van der Waals surface area contributed by atoms with Gasteiger partial charge < -0.3 is 10.1 Å². The number of hydrogen-bond donors (Lipinski definition) is 1. The molecule has 0 bridgehead atoms. The first kappa shape index (κ1) is 12.3. The molecule has 17 heavy (non-hydrogen) atoms. The van der Waals surface area contributed by atoms with E-state index >= 15 is 0 Å². The lowest BCUT2D eigenvalue weighted by Crippen LogP contribution is -2.49. The molecule has 1 aromatic rings. The molecule has 1 amide bonds. The van der Waals surface area contributed by atoms with E-state index in [1.54, 1.807) is 12.1 Å². The highest BCUT2D eigenvalue weighted by Crippen LogP contribution is 2.20. The molecule has 1 aliphatic rings. The van der Waals surface area contributed by atoms with Gasteiger partial charge in [0.05, 0.1) is 0 Å². The molecule has 2 rings (SSSR count). The van der Waals surface area contributed by atoms with Crippen molar-refractivity contribution in [3.63, 3.8) is 0 Å². The first-order valence-corrected chi connectivity index (χ1v) is 5.99. The average Bonchev–Trinajstić information content (AvgIpc) is 2.29. The lowest BCUT2D eigenvalue weighted by molar-refractivity contribution is 0.0423. The second-order valence-electron chi connectivity index (χ2n) is 4.49. The Bertz CT molecular complexity index is 417. The topological polar surface area (TPSA) is 51.2 Å². The first-order valence-electron chi connectivity index (χ1n) is 5.61. The summed E-state index contributed by atoms with van der Waals surface area (Å²) in [6.07, 6.45) is 3.19. The van der Waals surface area contributed by atoms with E-state index in [-0.39, 0.29) is 11.4 Å². The molecule has 1 aliphatic heterocycles. The summed E-state index contributed by atoms with van der Waals surface area (Å²) in [7, 11) is 0. The number of carbonyl (C=O) groups is 1. The molecule has 0 unspecified atom stereocenters. The van der Waals surface area contributed by atoms with Gasteiger partial charge in [0.2, 0.25) is 0 Å². The molecule has 4 nitrogen and oxygen atoms in total. The predicted molar refractivity (Wildman–Crippen MR) is 65.2 cm³/mol. The predicted octanol–water partition coefficient (Wildman–Crippen LogP) is 2.03. The third-order valence-electron chi connectivity index (χ3n) is 3.00. The molecule has 0 atom stereocenters. The molecule has 0 spiro atoms. The van der Waals surface area contributed by atoms with Crippen LogP contribution >= 0.6 is 11.6 Å². The van der Waals surface area contributed by atoms with Gasteiger partial charge in [-0.15, -0.1) is 0 Å². The van der Waals surface area contributed by atoms with Crippen molar-refractivity contribution in [1.29, 1.82) is 0 Å². The third-order valence-corrected chi connectivity index (χ3v) is 3.21. The molecule has 92 valence electrons. The molecular formula is C12H15ClN2O2. The van der Waals surface area contributed by atoms with Gasteiger partial charge in [-0.3, -0.25) is 4.79 Å². The Hall–Kier alpha value is -1.13. The van der Waals surface area contributed by atoms with Crippen LogP contribution < -0.4 is 5.32 Å². The Labute approximate surface area is 105 Å². The van der Waals surface area contributed by atoms with Crippen LogP contribution in [0.25, 0.3) is 0 Å². The third kappa shape index (κ3) is 3.17. The second-order valence-corrected chi connectivity index (χ2v) is 4.88. The molecule has 1 aromatic heterocycles. The number of rotatable bonds is 2. The summed E-state index contributed by atoms with van der Waals surface area (Å²) in [6.45, 7) is 3.41. The van der Waals surface area contributed by atoms with Crippen molar-refractivity contribution in [2.24, 2.45) is 0 Å². The Morgan fingerprint density at radius 2 is 2.24 bits per heavy atom. The smallest absolute Gasteiger partial charge is 0.251 e. The minimum absolute atomic E-state index is 0.112. The summed E-state index contributed by atoms with van der Waals surface area (Å²) in [6, 6.07) is 3.23. The Morgan fingerprint density at radius 1 is 1.53 bits per heavy atom. The lowest BCUT2D eigenvalue weighted by atomic mass is 9.92. The minimum atomic E-state index is -0.189. The highest BCUT2D eigenvalue weighted by molar-refractivity contribution is 6.29. The Kier molecular flexibility index (Phi) is 3.64. The van der Waals surface area contributed by atoms with Crippen LogP contribution in [0.5, 0.6) is 0 Å². The Morgan fingerprint density at radius 3 is 2.88 bits per heavy atom. The van der Waals surface area contributed by atoms with Crippen molar-refractivity contribution < 1.29 is 9.53 Å². The van der Waals surface area contributed by atoms with Crippen LogP contribution in [0.15, 0.2) is 18.3 Å². The van der Waals surface area contributed by atoms with E-state index in [1.807, 2.05) is 6.92 Å². The van der Waals surface area contributed by atoms with Crippen molar-refractivity contribution in [3.8, 4) is 0 Å². The largest absolute Gasteiger partial charge is 0.381 e. The monoisotopic (exact) mass is 254 g/mol. The van der Waals surface area contributed by atoms with E-state index in [0.717, 1.165) is 12.8 Å². The zero-order valence-electron chi connectivity index (χ0n) is 9.70. The van der Waals surface area contributed by atoms with Gasteiger partial charge in [-0.2, -0.15) is 0 Å². The average molecular weight is 255 g/mol. The number of ether oxygens (including phenoxy) is 1. The zero-order chi connectivity index (χ0) is 12.3. The van der Waals surface area contributed by atoms with E-state index in [4.69, 9.17) is 16.3 Å². The quantitative estimate of drug-likeness (QED) is 0.822. The highest BCUT2D eigenvalue weighted by Gasteiger charge is 2.29. The van der Waals surface area contributed by atoms with Gasteiger partial charge in [-0.1, -0.05) is 11.6 Å². The SMILES string of the molecule is CC1(NC(=O)c2ccnc(Cl)c2)CCOCC1. The van der Waals surface area contributed by atoms with Crippen LogP contribution in [0.3, 0.4) is 0 Å². The number of nitrogens with zero attached hydrogens (tertiary/aromatic N) is 1. The summed E-state index contributed by atoms with van der Waals surface area (Å²) < 4.78 is 5.29. The molecule has 0 saturated carbocycles. The zero-order valence-corrected chi connectivity index (χ0v) is 10.5. The van der Waals surface area contributed by atoms with E-state index in [1.165, 1.54) is 6.20 Å². The van der Waals surface area contributed by atoms with Crippen LogP contribution in [0, 0.1) is 0 Å². The number of amides is 1. The molecule has 0 aliphatic carbocycles. The maximum Gasteiger partial charge on any atom is 0.251 e. The number of pyridine rings is 1. The summed E-state index contributed by atoms with van der Waals surface area (Å²) in [5, 5.41) is 3.36. The van der Waals surface area contributed by atoms with E-state index in [2.05, 4.69) is 10.3 Å².